The predicted octanol–water partition coefficient (Wildman–Crippen LogP) is 2.10. The van der Waals surface area contributed by atoms with E-state index in [0.717, 1.165) is 43.9 Å². The highest BCUT2D eigenvalue weighted by Crippen LogP contribution is 2.16. The molecule has 0 aromatic carbocycles. The molecule has 1 atom stereocenters. The smallest absolute Gasteiger partial charge is 0.317 e. The van der Waals surface area contributed by atoms with Crippen LogP contribution in [0.2, 0.25) is 0 Å². The van der Waals surface area contributed by atoms with Crippen molar-refractivity contribution in [2.75, 3.05) is 26.7 Å². The number of hydrogen-bond acceptors (Lipinski definition) is 3. The second-order valence-electron chi connectivity index (χ2n) is 6.04. The van der Waals surface area contributed by atoms with Gasteiger partial charge in [-0.15, -0.1) is 0 Å². The molecule has 1 aromatic heterocycles. The largest absolute Gasteiger partial charge is 0.378 e. The van der Waals surface area contributed by atoms with Crippen LogP contribution in [0.1, 0.15) is 37.1 Å². The fraction of sp³-hybridized carbons (Fsp3) is 0.750. The third-order valence-corrected chi connectivity index (χ3v) is 4.36. The van der Waals surface area contributed by atoms with E-state index >= 15 is 0 Å². The molecule has 1 aliphatic heterocycles. The van der Waals surface area contributed by atoms with Gasteiger partial charge in [0, 0.05) is 39.0 Å². The van der Waals surface area contributed by atoms with E-state index in [4.69, 9.17) is 4.74 Å². The van der Waals surface area contributed by atoms with Crippen LogP contribution in [0, 0.1) is 13.8 Å². The second-order valence-corrected chi connectivity index (χ2v) is 6.04. The fourth-order valence-electron chi connectivity index (χ4n) is 2.72. The van der Waals surface area contributed by atoms with Crippen LogP contribution in [-0.4, -0.2) is 53.3 Å². The molecule has 6 heteroatoms. The zero-order chi connectivity index (χ0) is 15.9. The van der Waals surface area contributed by atoms with Crippen LogP contribution in [0.5, 0.6) is 0 Å². The molecule has 1 aliphatic rings. The maximum atomic E-state index is 12.0. The molecule has 2 amide bonds. The molecule has 1 aromatic rings. The first kappa shape index (κ1) is 16.8. The van der Waals surface area contributed by atoms with Gasteiger partial charge in [-0.05, 0) is 39.5 Å². The first-order chi connectivity index (χ1) is 10.6. The van der Waals surface area contributed by atoms with Crippen LogP contribution >= 0.6 is 0 Å². The lowest BCUT2D eigenvalue weighted by Crippen LogP contribution is -2.39. The van der Waals surface area contributed by atoms with Crippen LogP contribution in [0.25, 0.3) is 0 Å². The van der Waals surface area contributed by atoms with E-state index in [9.17, 15) is 4.79 Å². The van der Waals surface area contributed by atoms with Crippen molar-refractivity contribution in [1.29, 1.82) is 0 Å². The van der Waals surface area contributed by atoms with Crippen molar-refractivity contribution in [2.24, 2.45) is 0 Å². The number of aryl methyl sites for hydroxylation is 1. The zero-order valence-corrected chi connectivity index (χ0v) is 14.0. The van der Waals surface area contributed by atoms with Crippen molar-refractivity contribution in [1.82, 2.24) is 19.8 Å². The number of aromatic nitrogens is 2. The minimum Gasteiger partial charge on any atom is -0.378 e. The maximum Gasteiger partial charge on any atom is 0.317 e. The lowest BCUT2D eigenvalue weighted by atomic mass is 10.1. The number of nitrogens with zero attached hydrogens (tertiary/aromatic N) is 3. The number of carbonyl (C=O) groups is 1. The van der Waals surface area contributed by atoms with Crippen molar-refractivity contribution in [3.8, 4) is 0 Å². The molecular weight excluding hydrogens is 280 g/mol. The standard InChI is InChI=1S/C16H28N4O2/c1-13-14(2)20(12-18-13)10-8-17-16(21)19(3)9-4-6-15-7-5-11-22-15/h12,15H,4-11H2,1-3H3,(H,17,21)/t15-/m0/s1. The van der Waals surface area contributed by atoms with E-state index in [2.05, 4.69) is 14.9 Å². The number of hydrogen-bond donors (Lipinski definition) is 1. The van der Waals surface area contributed by atoms with Gasteiger partial charge < -0.3 is 19.5 Å². The number of imidazole rings is 1. The van der Waals surface area contributed by atoms with Crippen LogP contribution in [0.3, 0.4) is 0 Å². The van der Waals surface area contributed by atoms with Crippen LogP contribution in [0.15, 0.2) is 6.33 Å². The Balaban J connectivity index is 1.60. The van der Waals surface area contributed by atoms with Crippen molar-refractivity contribution < 1.29 is 9.53 Å². The summed E-state index contributed by atoms with van der Waals surface area (Å²) in [6.07, 6.45) is 6.61. The number of urea groups is 1. The van der Waals surface area contributed by atoms with E-state index in [1.165, 1.54) is 12.8 Å². The number of ether oxygens (including phenoxy) is 1. The molecule has 0 radical (unpaired) electrons. The average Bonchev–Trinajstić information content (AvgIpc) is 3.12. The summed E-state index contributed by atoms with van der Waals surface area (Å²) in [6.45, 7) is 7.07. The van der Waals surface area contributed by atoms with Gasteiger partial charge in [-0.3, -0.25) is 0 Å². The van der Waals surface area contributed by atoms with E-state index in [1.807, 2.05) is 27.2 Å². The van der Waals surface area contributed by atoms with Crippen LogP contribution in [0.4, 0.5) is 4.79 Å². The first-order valence-corrected chi connectivity index (χ1v) is 8.17. The van der Waals surface area contributed by atoms with E-state index in [0.29, 0.717) is 12.6 Å². The summed E-state index contributed by atoms with van der Waals surface area (Å²) in [5.74, 6) is 0. The molecule has 1 saturated heterocycles. The summed E-state index contributed by atoms with van der Waals surface area (Å²) in [5, 5.41) is 2.95. The minimum absolute atomic E-state index is 0.0122. The van der Waals surface area contributed by atoms with Gasteiger partial charge in [0.15, 0.2) is 0 Å². The van der Waals surface area contributed by atoms with Gasteiger partial charge in [0.1, 0.15) is 0 Å². The Bertz CT molecular complexity index is 480. The molecule has 22 heavy (non-hydrogen) atoms. The van der Waals surface area contributed by atoms with Gasteiger partial charge >= 0.3 is 6.03 Å². The monoisotopic (exact) mass is 308 g/mol. The van der Waals surface area contributed by atoms with Gasteiger partial charge in [0.05, 0.1) is 18.1 Å². The molecule has 1 fully saturated rings. The highest BCUT2D eigenvalue weighted by atomic mass is 16.5. The predicted molar refractivity (Wildman–Crippen MR) is 85.9 cm³/mol. The van der Waals surface area contributed by atoms with Gasteiger partial charge in [0.2, 0.25) is 0 Å². The maximum absolute atomic E-state index is 12.0. The molecule has 0 bridgehead atoms. The lowest BCUT2D eigenvalue weighted by Gasteiger charge is -2.19. The SMILES string of the molecule is Cc1ncn(CCNC(=O)N(C)CCC[C@H]2CCCO2)c1C. The molecule has 0 spiro atoms. The second kappa shape index (κ2) is 8.17. The third-order valence-electron chi connectivity index (χ3n) is 4.36. The Labute approximate surface area is 132 Å². The quantitative estimate of drug-likeness (QED) is 0.839. The summed E-state index contributed by atoms with van der Waals surface area (Å²) < 4.78 is 7.66. The highest BCUT2D eigenvalue weighted by Gasteiger charge is 2.15. The Morgan fingerprint density at radius 3 is 3.00 bits per heavy atom. The lowest BCUT2D eigenvalue weighted by molar-refractivity contribution is 0.100. The first-order valence-electron chi connectivity index (χ1n) is 8.17. The molecule has 1 N–H and O–H groups in total. The van der Waals surface area contributed by atoms with Gasteiger partial charge in [-0.1, -0.05) is 0 Å². The third kappa shape index (κ3) is 4.73. The molecule has 2 heterocycles. The normalized spacial score (nSPS) is 17.7. The number of amides is 2. The molecule has 0 aliphatic carbocycles. The molecule has 6 nitrogen and oxygen atoms in total. The minimum atomic E-state index is -0.0122. The summed E-state index contributed by atoms with van der Waals surface area (Å²) in [4.78, 5) is 18.0. The van der Waals surface area contributed by atoms with Crippen LogP contribution < -0.4 is 5.32 Å². The van der Waals surface area contributed by atoms with E-state index in [-0.39, 0.29) is 6.03 Å². The van der Waals surface area contributed by atoms with Gasteiger partial charge in [0.25, 0.3) is 0 Å². The Hall–Kier alpha value is -1.56. The van der Waals surface area contributed by atoms with Crippen molar-refractivity contribution in [3.05, 3.63) is 17.7 Å². The van der Waals surface area contributed by atoms with Gasteiger partial charge in [-0.2, -0.15) is 0 Å². The number of nitrogens with one attached hydrogen (secondary N) is 1. The Kier molecular flexibility index (Phi) is 6.24. The highest BCUT2D eigenvalue weighted by molar-refractivity contribution is 5.73. The van der Waals surface area contributed by atoms with Gasteiger partial charge in [-0.25, -0.2) is 9.78 Å². The topological polar surface area (TPSA) is 59.4 Å². The molecule has 124 valence electrons. The zero-order valence-electron chi connectivity index (χ0n) is 14.0. The van der Waals surface area contributed by atoms with Crippen molar-refractivity contribution >= 4 is 6.03 Å². The van der Waals surface area contributed by atoms with Crippen molar-refractivity contribution in [3.63, 3.8) is 0 Å². The number of carbonyl (C=O) groups excluding carboxylic acids is 1. The molecule has 2 rings (SSSR count). The Morgan fingerprint density at radius 1 is 1.55 bits per heavy atom. The Morgan fingerprint density at radius 2 is 2.36 bits per heavy atom. The fourth-order valence-corrected chi connectivity index (χ4v) is 2.72. The number of rotatable bonds is 7. The summed E-state index contributed by atoms with van der Waals surface area (Å²) in [5.41, 5.74) is 2.19. The molecule has 0 unspecified atom stereocenters. The van der Waals surface area contributed by atoms with Crippen LogP contribution in [-0.2, 0) is 11.3 Å². The van der Waals surface area contributed by atoms with E-state index < -0.39 is 0 Å². The summed E-state index contributed by atoms with van der Waals surface area (Å²) >= 11 is 0. The van der Waals surface area contributed by atoms with Crippen molar-refractivity contribution in [2.45, 2.75) is 52.2 Å². The van der Waals surface area contributed by atoms with E-state index in [1.54, 1.807) is 4.90 Å². The summed E-state index contributed by atoms with van der Waals surface area (Å²) in [6, 6.07) is -0.0122. The average molecular weight is 308 g/mol. The molecule has 0 saturated carbocycles. The molecular formula is C16H28N4O2. The summed E-state index contributed by atoms with van der Waals surface area (Å²) in [7, 11) is 1.84.